The fraction of sp³-hybridized carbons (Fsp3) is 0.381. The van der Waals surface area contributed by atoms with Crippen LogP contribution in [0, 0.1) is 6.92 Å². The van der Waals surface area contributed by atoms with Crippen LogP contribution >= 0.6 is 0 Å². The molecule has 1 heterocycles. The Bertz CT molecular complexity index is 967. The molecule has 0 aromatic heterocycles. The Morgan fingerprint density at radius 1 is 1.03 bits per heavy atom. The first kappa shape index (κ1) is 22.1. The highest BCUT2D eigenvalue weighted by molar-refractivity contribution is 7.93. The minimum atomic E-state index is -3.86. The summed E-state index contributed by atoms with van der Waals surface area (Å²) in [6, 6.07) is 13.3. The van der Waals surface area contributed by atoms with Gasteiger partial charge in [0.1, 0.15) is 17.5 Å². The van der Waals surface area contributed by atoms with Crippen molar-refractivity contribution < 1.29 is 17.9 Å². The topological polar surface area (TPSA) is 99.8 Å². The minimum absolute atomic E-state index is 0.314. The molecule has 30 heavy (non-hydrogen) atoms. The monoisotopic (exact) mass is 432 g/mol. The second-order valence-corrected chi connectivity index (χ2v) is 9.51. The van der Waals surface area contributed by atoms with Gasteiger partial charge >= 0.3 is 0 Å². The molecule has 0 radical (unpaired) electrons. The summed E-state index contributed by atoms with van der Waals surface area (Å²) in [6.07, 6.45) is 0. The summed E-state index contributed by atoms with van der Waals surface area (Å²) in [6.45, 7) is 5.22. The van der Waals surface area contributed by atoms with E-state index in [1.165, 1.54) is 11.4 Å². The van der Waals surface area contributed by atoms with Gasteiger partial charge in [0.05, 0.1) is 12.8 Å². The third kappa shape index (κ3) is 4.75. The van der Waals surface area contributed by atoms with Crippen LogP contribution < -0.4 is 25.2 Å². The molecule has 0 saturated carbocycles. The van der Waals surface area contributed by atoms with Gasteiger partial charge in [0.15, 0.2) is 0 Å². The molecule has 162 valence electrons. The number of sulfonamides is 1. The van der Waals surface area contributed by atoms with E-state index in [0.717, 1.165) is 5.56 Å². The van der Waals surface area contributed by atoms with Crippen molar-refractivity contribution in [2.45, 2.75) is 38.1 Å². The van der Waals surface area contributed by atoms with Crippen LogP contribution in [-0.4, -0.2) is 45.3 Å². The van der Waals surface area contributed by atoms with Gasteiger partial charge in [-0.3, -0.25) is 20.0 Å². The van der Waals surface area contributed by atoms with E-state index in [2.05, 4.69) is 16.2 Å². The highest BCUT2D eigenvalue weighted by Crippen LogP contribution is 2.27. The highest BCUT2D eigenvalue weighted by Gasteiger charge is 2.44. The van der Waals surface area contributed by atoms with E-state index in [-0.39, 0.29) is 18.6 Å². The number of nitrogens with zero attached hydrogens (tertiary/aromatic N) is 1. The molecule has 2 aromatic rings. The number of hydrogen-bond acceptors (Lipinski definition) is 6. The fourth-order valence-corrected chi connectivity index (χ4v) is 5.74. The lowest BCUT2D eigenvalue weighted by Gasteiger charge is -2.30. The largest absolute Gasteiger partial charge is 0.497 e. The van der Waals surface area contributed by atoms with Crippen LogP contribution in [-0.2, 0) is 14.8 Å². The minimum Gasteiger partial charge on any atom is -0.497 e. The van der Waals surface area contributed by atoms with Crippen molar-refractivity contribution in [1.29, 1.82) is 0 Å². The first-order valence-corrected chi connectivity index (χ1v) is 11.3. The number of hydrazine groups is 1. The van der Waals surface area contributed by atoms with E-state index < -0.39 is 21.2 Å². The van der Waals surface area contributed by atoms with Crippen LogP contribution in [0.2, 0.25) is 0 Å². The number of benzene rings is 2. The Labute approximate surface area is 177 Å². The zero-order valence-corrected chi connectivity index (χ0v) is 18.4. The maximum atomic E-state index is 13.6. The molecular formula is C21H28N4O4S. The van der Waals surface area contributed by atoms with Gasteiger partial charge in [0.2, 0.25) is 15.9 Å². The van der Waals surface area contributed by atoms with Crippen molar-refractivity contribution in [3.8, 4) is 5.75 Å². The average Bonchev–Trinajstić information content (AvgIpc) is 3.07. The van der Waals surface area contributed by atoms with Crippen molar-refractivity contribution in [3.05, 3.63) is 54.1 Å². The molecule has 1 fully saturated rings. The van der Waals surface area contributed by atoms with Gasteiger partial charge in [-0.1, -0.05) is 17.7 Å². The maximum absolute atomic E-state index is 13.6. The molecule has 1 amide bonds. The molecule has 1 saturated heterocycles. The maximum Gasteiger partial charge on any atom is 0.245 e. The summed E-state index contributed by atoms with van der Waals surface area (Å²) in [5.74, 6) is 0.184. The molecule has 8 nitrogen and oxygen atoms in total. The first-order chi connectivity index (χ1) is 14.2. The van der Waals surface area contributed by atoms with Gasteiger partial charge in [-0.15, -0.1) is 0 Å². The Morgan fingerprint density at radius 2 is 1.60 bits per heavy atom. The van der Waals surface area contributed by atoms with E-state index >= 15 is 0 Å². The van der Waals surface area contributed by atoms with Gasteiger partial charge in [-0.25, -0.2) is 8.42 Å². The number of amides is 1. The van der Waals surface area contributed by atoms with Crippen LogP contribution in [0.5, 0.6) is 5.75 Å². The Hall–Kier alpha value is -2.62. The number of carbonyl (C=O) groups is 1. The van der Waals surface area contributed by atoms with Gasteiger partial charge < -0.3 is 10.1 Å². The summed E-state index contributed by atoms with van der Waals surface area (Å²) in [4.78, 5) is 12.8. The predicted octanol–water partition coefficient (Wildman–Crippen LogP) is 2.03. The van der Waals surface area contributed by atoms with E-state index in [9.17, 15) is 13.2 Å². The van der Waals surface area contributed by atoms with Gasteiger partial charge in [-0.05, 0) is 57.2 Å². The normalized spacial score (nSPS) is 21.3. The van der Waals surface area contributed by atoms with Crippen LogP contribution in [0.1, 0.15) is 19.4 Å². The second kappa shape index (κ2) is 9.03. The quantitative estimate of drug-likeness (QED) is 0.619. The van der Waals surface area contributed by atoms with E-state index in [4.69, 9.17) is 4.74 Å². The number of ether oxygens (including phenoxy) is 1. The number of rotatable bonds is 7. The summed E-state index contributed by atoms with van der Waals surface area (Å²) < 4.78 is 33.5. The number of hydrogen-bond donors (Lipinski definition) is 3. The van der Waals surface area contributed by atoms with Crippen LogP contribution in [0.15, 0.2) is 48.5 Å². The second-order valence-electron chi connectivity index (χ2n) is 7.49. The SMILES string of the molecule is COc1ccc(N(CC(=O)Nc2ccc(C)cc2)S(=O)(=O)C2C(C)NNC2C)cc1. The van der Waals surface area contributed by atoms with Crippen molar-refractivity contribution in [2.75, 3.05) is 23.3 Å². The van der Waals surface area contributed by atoms with E-state index in [1.807, 2.05) is 19.1 Å². The standard InChI is InChI=1S/C21H28N4O4S/c1-14-5-7-17(8-6-14)22-20(26)13-25(18-9-11-19(29-4)12-10-18)30(27,28)21-15(2)23-24-16(21)3/h5-12,15-16,21,23-24H,13H2,1-4H3,(H,22,26). The molecule has 1 aliphatic heterocycles. The molecule has 1 aliphatic rings. The molecule has 0 aliphatic carbocycles. The van der Waals surface area contributed by atoms with Crippen LogP contribution in [0.3, 0.4) is 0 Å². The van der Waals surface area contributed by atoms with Crippen molar-refractivity contribution in [3.63, 3.8) is 0 Å². The molecule has 2 atom stereocenters. The van der Waals surface area contributed by atoms with Crippen molar-refractivity contribution in [1.82, 2.24) is 10.9 Å². The highest BCUT2D eigenvalue weighted by atomic mass is 32.2. The average molecular weight is 433 g/mol. The van der Waals surface area contributed by atoms with Gasteiger partial charge in [0.25, 0.3) is 0 Å². The van der Waals surface area contributed by atoms with Crippen molar-refractivity contribution >= 4 is 27.3 Å². The van der Waals surface area contributed by atoms with E-state index in [1.54, 1.807) is 50.2 Å². The molecule has 9 heteroatoms. The summed E-state index contributed by atoms with van der Waals surface area (Å²) in [5.41, 5.74) is 8.03. The number of anilines is 2. The first-order valence-electron chi connectivity index (χ1n) is 9.75. The molecule has 2 aromatic carbocycles. The van der Waals surface area contributed by atoms with Gasteiger partial charge in [-0.2, -0.15) is 0 Å². The number of methoxy groups -OCH3 is 1. The molecule has 0 bridgehead atoms. The van der Waals surface area contributed by atoms with Crippen LogP contribution in [0.25, 0.3) is 0 Å². The van der Waals surface area contributed by atoms with Crippen LogP contribution in [0.4, 0.5) is 11.4 Å². The Morgan fingerprint density at radius 3 is 2.13 bits per heavy atom. The summed E-state index contributed by atoms with van der Waals surface area (Å²) >= 11 is 0. The molecule has 3 rings (SSSR count). The van der Waals surface area contributed by atoms with E-state index in [0.29, 0.717) is 17.1 Å². The van der Waals surface area contributed by atoms with Crippen molar-refractivity contribution in [2.24, 2.45) is 0 Å². The lowest BCUT2D eigenvalue weighted by Crippen LogP contribution is -2.49. The number of nitrogens with one attached hydrogen (secondary N) is 3. The number of carbonyl (C=O) groups excluding carboxylic acids is 1. The predicted molar refractivity (Wildman–Crippen MR) is 118 cm³/mol. The third-order valence-electron chi connectivity index (χ3n) is 5.16. The zero-order chi connectivity index (χ0) is 21.9. The lowest BCUT2D eigenvalue weighted by atomic mass is 10.2. The third-order valence-corrected chi connectivity index (χ3v) is 7.62. The lowest BCUT2D eigenvalue weighted by molar-refractivity contribution is -0.114. The molecule has 3 N–H and O–H groups in total. The molecular weight excluding hydrogens is 404 g/mol. The fourth-order valence-electron chi connectivity index (χ4n) is 3.57. The smallest absolute Gasteiger partial charge is 0.245 e. The molecule has 2 unspecified atom stereocenters. The van der Waals surface area contributed by atoms with Gasteiger partial charge in [0, 0.05) is 17.8 Å². The summed E-state index contributed by atoms with van der Waals surface area (Å²) in [5, 5.41) is 2.05. The molecule has 0 spiro atoms. The summed E-state index contributed by atoms with van der Waals surface area (Å²) in [7, 11) is -2.32. The Balaban J connectivity index is 1.90. The number of aryl methyl sites for hydroxylation is 1. The Kier molecular flexibility index (Phi) is 6.64. The zero-order valence-electron chi connectivity index (χ0n) is 17.5.